The van der Waals surface area contributed by atoms with Crippen molar-refractivity contribution in [3.8, 4) is 0 Å². The summed E-state index contributed by atoms with van der Waals surface area (Å²) in [4.78, 5) is 0. The number of rotatable bonds is 5. The van der Waals surface area contributed by atoms with Crippen molar-refractivity contribution in [1.82, 2.24) is 0 Å². The maximum Gasteiger partial charge on any atom is 0.187 e. The van der Waals surface area contributed by atoms with Crippen LogP contribution in [0, 0.1) is 0 Å². The minimum atomic E-state index is -1.70. The van der Waals surface area contributed by atoms with Gasteiger partial charge in [0.1, 0.15) is 48.8 Å². The van der Waals surface area contributed by atoms with Gasteiger partial charge in [0.05, 0.1) is 13.2 Å². The van der Waals surface area contributed by atoms with Crippen molar-refractivity contribution in [3.05, 3.63) is 0 Å². The highest BCUT2D eigenvalue weighted by Gasteiger charge is 2.50. The molecule has 7 N–H and O–H groups in total. The molecule has 2 aliphatic rings. The van der Waals surface area contributed by atoms with E-state index in [0.29, 0.717) is 0 Å². The van der Waals surface area contributed by atoms with E-state index >= 15 is 0 Å². The van der Waals surface area contributed by atoms with E-state index in [2.05, 4.69) is 0 Å². The molecule has 2 heterocycles. The van der Waals surface area contributed by atoms with E-state index in [9.17, 15) is 30.6 Å². The minimum absolute atomic E-state index is 0.581. The molecule has 0 spiro atoms. The summed E-state index contributed by atoms with van der Waals surface area (Å²) in [7, 11) is 1.24. The average Bonchev–Trinajstić information content (AvgIpc) is 2.58. The SMILES string of the molecule is CO[C@H]1O[C@H](CO)[C@H](O)[C@H](O[C@@H]2O[C@H](CO)[C@@H](O)[C@H](O)[C@@H]2O)[C@@H]1O. The lowest BCUT2D eigenvalue weighted by atomic mass is 9.97. The van der Waals surface area contributed by atoms with Gasteiger partial charge in [-0.15, -0.1) is 0 Å². The van der Waals surface area contributed by atoms with Gasteiger partial charge in [-0.25, -0.2) is 0 Å². The second-order valence-electron chi connectivity index (χ2n) is 5.74. The fourth-order valence-corrected chi connectivity index (χ4v) is 2.74. The van der Waals surface area contributed by atoms with E-state index in [4.69, 9.17) is 24.1 Å². The summed E-state index contributed by atoms with van der Waals surface area (Å²) in [6.45, 7) is -1.23. The van der Waals surface area contributed by atoms with Crippen LogP contribution in [0.5, 0.6) is 0 Å². The lowest BCUT2D eigenvalue weighted by molar-refractivity contribution is -0.358. The van der Waals surface area contributed by atoms with E-state index in [-0.39, 0.29) is 0 Å². The standard InChI is InChI=1S/C13H24O11/c1-21-12-10(20)11(7(17)5(3-15)22-12)24-13-9(19)8(18)6(16)4(2-14)23-13/h4-20H,2-3H2,1H3/t4-,5-,6-,7+,8+,9+,10+,11+,12+,13+/m1/s1. The summed E-state index contributed by atoms with van der Waals surface area (Å²) in [5, 5.41) is 68.1. The Morgan fingerprint density at radius 3 is 1.79 bits per heavy atom. The fourth-order valence-electron chi connectivity index (χ4n) is 2.74. The number of hydrogen-bond acceptors (Lipinski definition) is 11. The molecule has 11 heteroatoms. The quantitative estimate of drug-likeness (QED) is 0.251. The van der Waals surface area contributed by atoms with Crippen molar-refractivity contribution >= 4 is 0 Å². The number of aliphatic hydroxyl groups is 7. The van der Waals surface area contributed by atoms with Crippen LogP contribution in [0.4, 0.5) is 0 Å². The molecular formula is C13H24O11. The predicted molar refractivity (Wildman–Crippen MR) is 73.4 cm³/mol. The highest BCUT2D eigenvalue weighted by Crippen LogP contribution is 2.29. The number of ether oxygens (including phenoxy) is 4. The molecule has 2 saturated heterocycles. The lowest BCUT2D eigenvalue weighted by Gasteiger charge is -2.45. The van der Waals surface area contributed by atoms with Crippen LogP contribution in [0.25, 0.3) is 0 Å². The van der Waals surface area contributed by atoms with E-state index < -0.39 is 74.6 Å². The molecule has 2 fully saturated rings. The number of hydrogen-bond donors (Lipinski definition) is 7. The molecule has 24 heavy (non-hydrogen) atoms. The first-order chi connectivity index (χ1) is 11.3. The maximum atomic E-state index is 10.2. The number of methoxy groups -OCH3 is 1. The molecule has 0 bridgehead atoms. The van der Waals surface area contributed by atoms with Crippen molar-refractivity contribution in [2.45, 2.75) is 61.4 Å². The second kappa shape index (κ2) is 8.29. The van der Waals surface area contributed by atoms with E-state index in [1.165, 1.54) is 7.11 Å². The van der Waals surface area contributed by atoms with Crippen molar-refractivity contribution in [2.75, 3.05) is 20.3 Å². The first kappa shape index (κ1) is 19.9. The molecule has 0 aromatic rings. The smallest absolute Gasteiger partial charge is 0.187 e. The Kier molecular flexibility index (Phi) is 6.87. The largest absolute Gasteiger partial charge is 0.394 e. The molecule has 0 unspecified atom stereocenters. The van der Waals surface area contributed by atoms with Crippen LogP contribution in [0.15, 0.2) is 0 Å². The Morgan fingerprint density at radius 2 is 1.25 bits per heavy atom. The molecule has 0 aliphatic carbocycles. The molecule has 0 aromatic heterocycles. The highest BCUT2D eigenvalue weighted by atomic mass is 16.7. The molecule has 0 saturated carbocycles. The van der Waals surface area contributed by atoms with Crippen LogP contribution >= 0.6 is 0 Å². The van der Waals surface area contributed by atoms with E-state index in [1.807, 2.05) is 0 Å². The topological polar surface area (TPSA) is 179 Å². The van der Waals surface area contributed by atoms with Crippen molar-refractivity contribution in [1.29, 1.82) is 0 Å². The van der Waals surface area contributed by atoms with Gasteiger partial charge in [-0.2, -0.15) is 0 Å². The Balaban J connectivity index is 2.14. The summed E-state index contributed by atoms with van der Waals surface area (Å²) in [6.07, 6.45) is -14.4. The van der Waals surface area contributed by atoms with Crippen LogP contribution in [0.2, 0.25) is 0 Å². The van der Waals surface area contributed by atoms with E-state index in [0.717, 1.165) is 0 Å². The summed E-state index contributed by atoms with van der Waals surface area (Å²) >= 11 is 0. The highest BCUT2D eigenvalue weighted by molar-refractivity contribution is 4.93. The average molecular weight is 356 g/mol. The third kappa shape index (κ3) is 3.71. The molecule has 0 radical (unpaired) electrons. The molecule has 2 rings (SSSR count). The summed E-state index contributed by atoms with van der Waals surface area (Å²) < 4.78 is 20.6. The lowest BCUT2D eigenvalue weighted by Crippen LogP contribution is -2.64. The van der Waals surface area contributed by atoms with Gasteiger partial charge in [-0.05, 0) is 0 Å². The Bertz CT molecular complexity index is 378. The fraction of sp³-hybridized carbons (Fsp3) is 1.00. The van der Waals surface area contributed by atoms with Gasteiger partial charge < -0.3 is 54.7 Å². The van der Waals surface area contributed by atoms with Gasteiger partial charge in [0, 0.05) is 7.11 Å². The predicted octanol–water partition coefficient (Wildman–Crippen LogP) is -4.74. The molecular weight excluding hydrogens is 332 g/mol. The van der Waals surface area contributed by atoms with Crippen LogP contribution in [0.1, 0.15) is 0 Å². The molecule has 11 nitrogen and oxygen atoms in total. The summed E-state index contributed by atoms with van der Waals surface area (Å²) in [5.41, 5.74) is 0. The molecule has 2 aliphatic heterocycles. The van der Waals surface area contributed by atoms with Gasteiger partial charge in [-0.1, -0.05) is 0 Å². The third-order valence-electron chi connectivity index (χ3n) is 4.19. The van der Waals surface area contributed by atoms with Crippen LogP contribution in [0.3, 0.4) is 0 Å². The third-order valence-corrected chi connectivity index (χ3v) is 4.19. The first-order valence-corrected chi connectivity index (χ1v) is 7.46. The maximum absolute atomic E-state index is 10.2. The van der Waals surface area contributed by atoms with Crippen LogP contribution in [-0.2, 0) is 18.9 Å². The normalized spacial score (nSPS) is 50.0. The van der Waals surface area contributed by atoms with E-state index in [1.54, 1.807) is 0 Å². The minimum Gasteiger partial charge on any atom is -0.394 e. The molecule has 0 amide bonds. The first-order valence-electron chi connectivity index (χ1n) is 7.46. The second-order valence-corrected chi connectivity index (χ2v) is 5.74. The summed E-state index contributed by atoms with van der Waals surface area (Å²) in [5.74, 6) is 0. The van der Waals surface area contributed by atoms with Gasteiger partial charge in [0.15, 0.2) is 12.6 Å². The zero-order valence-corrected chi connectivity index (χ0v) is 13.0. The Labute approximate surface area is 137 Å². The van der Waals surface area contributed by atoms with Crippen LogP contribution in [-0.4, -0.2) is 117 Å². The van der Waals surface area contributed by atoms with Crippen molar-refractivity contribution in [2.24, 2.45) is 0 Å². The zero-order chi connectivity index (χ0) is 18.0. The number of aliphatic hydroxyl groups excluding tert-OH is 7. The van der Waals surface area contributed by atoms with Gasteiger partial charge in [0.2, 0.25) is 0 Å². The molecule has 10 atom stereocenters. The van der Waals surface area contributed by atoms with Gasteiger partial charge in [-0.3, -0.25) is 0 Å². The van der Waals surface area contributed by atoms with Gasteiger partial charge >= 0.3 is 0 Å². The zero-order valence-electron chi connectivity index (χ0n) is 13.0. The van der Waals surface area contributed by atoms with Crippen molar-refractivity contribution < 1.29 is 54.7 Å². The molecule has 142 valence electrons. The Hall–Kier alpha value is -0.440. The van der Waals surface area contributed by atoms with Crippen molar-refractivity contribution in [3.63, 3.8) is 0 Å². The molecule has 0 aromatic carbocycles. The van der Waals surface area contributed by atoms with Gasteiger partial charge in [0.25, 0.3) is 0 Å². The Morgan fingerprint density at radius 1 is 0.708 bits per heavy atom. The van der Waals surface area contributed by atoms with Crippen LogP contribution < -0.4 is 0 Å². The monoisotopic (exact) mass is 356 g/mol. The summed E-state index contributed by atoms with van der Waals surface area (Å²) in [6, 6.07) is 0.